The largest absolute Gasteiger partial charge is 0.335 e. The minimum Gasteiger partial charge on any atom is -0.335 e. The molecule has 0 unspecified atom stereocenters. The fourth-order valence-corrected chi connectivity index (χ4v) is 4.34. The van der Waals surface area contributed by atoms with Crippen LogP contribution in [0.2, 0.25) is 0 Å². The van der Waals surface area contributed by atoms with Crippen molar-refractivity contribution < 1.29 is 8.42 Å². The van der Waals surface area contributed by atoms with Crippen molar-refractivity contribution in [1.29, 1.82) is 0 Å². The summed E-state index contributed by atoms with van der Waals surface area (Å²) in [6.45, 7) is 1.98. The Labute approximate surface area is 148 Å². The van der Waals surface area contributed by atoms with Gasteiger partial charge in [0.15, 0.2) is 0 Å². The monoisotopic (exact) mass is 354 g/mol. The average Bonchev–Trinajstić information content (AvgIpc) is 3.15. The highest BCUT2D eigenvalue weighted by molar-refractivity contribution is 7.91. The quantitative estimate of drug-likeness (QED) is 0.649. The summed E-state index contributed by atoms with van der Waals surface area (Å²) in [6, 6.07) is 15.9. The summed E-state index contributed by atoms with van der Waals surface area (Å²) in [5, 5.41) is 0.00175. The van der Waals surface area contributed by atoms with Gasteiger partial charge in [-0.15, -0.1) is 0 Å². The number of nitrogens with zero attached hydrogens (tertiary/aromatic N) is 1. The lowest BCUT2D eigenvalue weighted by Gasteiger charge is -2.10. The molecule has 0 aliphatic carbocycles. The predicted octanol–water partition coefficient (Wildman–Crippen LogP) is 4.12. The molecule has 130 valence electrons. The van der Waals surface area contributed by atoms with Gasteiger partial charge in [-0.05, 0) is 49.8 Å². The van der Waals surface area contributed by atoms with Crippen LogP contribution in [-0.2, 0) is 22.7 Å². The van der Waals surface area contributed by atoms with E-state index in [2.05, 4.69) is 22.1 Å². The minimum absolute atomic E-state index is 0.00175. The number of imidazole rings is 1. The zero-order chi connectivity index (χ0) is 17.7. The molecule has 1 heterocycles. The summed E-state index contributed by atoms with van der Waals surface area (Å²) in [5.74, 6) is 0. The van der Waals surface area contributed by atoms with Crippen molar-refractivity contribution in [2.75, 3.05) is 0 Å². The first-order valence-corrected chi connectivity index (χ1v) is 9.93. The predicted molar refractivity (Wildman–Crippen MR) is 98.3 cm³/mol. The van der Waals surface area contributed by atoms with Crippen LogP contribution in [0.15, 0.2) is 71.0 Å². The number of rotatable bonds is 7. The van der Waals surface area contributed by atoms with Gasteiger partial charge in [-0.25, -0.2) is 13.4 Å². The number of nitrogens with one attached hydrogen (secondary N) is 1. The highest BCUT2D eigenvalue weighted by atomic mass is 32.2. The van der Waals surface area contributed by atoms with Crippen molar-refractivity contribution in [3.63, 3.8) is 0 Å². The van der Waals surface area contributed by atoms with Gasteiger partial charge in [0, 0.05) is 12.4 Å². The van der Waals surface area contributed by atoms with Crippen LogP contribution in [0.4, 0.5) is 0 Å². The molecule has 0 fully saturated rings. The SMILES string of the molecule is Cc1ccc(S(=O)(=O)c2ncc[nH]2)c(CCCCc2ccccc2)c1. The normalized spacial score (nSPS) is 11.6. The molecule has 3 aromatic rings. The molecule has 0 bridgehead atoms. The molecule has 5 heteroatoms. The molecule has 0 amide bonds. The summed E-state index contributed by atoms with van der Waals surface area (Å²) in [7, 11) is -3.60. The van der Waals surface area contributed by atoms with Gasteiger partial charge in [-0.1, -0.05) is 48.0 Å². The summed E-state index contributed by atoms with van der Waals surface area (Å²) in [6.07, 6.45) is 6.70. The Kier molecular flexibility index (Phi) is 5.34. The second-order valence-electron chi connectivity index (χ2n) is 6.20. The number of unbranched alkanes of at least 4 members (excludes halogenated alkanes) is 1. The van der Waals surface area contributed by atoms with E-state index >= 15 is 0 Å². The zero-order valence-corrected chi connectivity index (χ0v) is 15.1. The summed E-state index contributed by atoms with van der Waals surface area (Å²) >= 11 is 0. The van der Waals surface area contributed by atoms with Crippen molar-refractivity contribution in [3.05, 3.63) is 77.6 Å². The van der Waals surface area contributed by atoms with Crippen LogP contribution in [0.3, 0.4) is 0 Å². The molecule has 0 aliphatic rings. The van der Waals surface area contributed by atoms with E-state index in [1.165, 1.54) is 18.0 Å². The smallest absolute Gasteiger partial charge is 0.240 e. The van der Waals surface area contributed by atoms with E-state index in [0.717, 1.165) is 36.8 Å². The maximum atomic E-state index is 12.8. The molecule has 1 N–H and O–H groups in total. The molecule has 25 heavy (non-hydrogen) atoms. The highest BCUT2D eigenvalue weighted by Gasteiger charge is 2.23. The van der Waals surface area contributed by atoms with E-state index in [0.29, 0.717) is 4.90 Å². The topological polar surface area (TPSA) is 62.8 Å². The molecule has 1 aromatic heterocycles. The Morgan fingerprint density at radius 3 is 2.48 bits per heavy atom. The van der Waals surface area contributed by atoms with Crippen molar-refractivity contribution in [1.82, 2.24) is 9.97 Å². The van der Waals surface area contributed by atoms with E-state index in [4.69, 9.17) is 0 Å². The van der Waals surface area contributed by atoms with Crippen molar-refractivity contribution in [3.8, 4) is 0 Å². The summed E-state index contributed by atoms with van der Waals surface area (Å²) < 4.78 is 25.6. The number of sulfone groups is 1. The zero-order valence-electron chi connectivity index (χ0n) is 14.3. The third-order valence-electron chi connectivity index (χ3n) is 4.24. The molecule has 0 saturated heterocycles. The lowest BCUT2D eigenvalue weighted by Crippen LogP contribution is -2.08. The summed E-state index contributed by atoms with van der Waals surface area (Å²) in [5.41, 5.74) is 3.25. The third-order valence-corrected chi connectivity index (χ3v) is 5.95. The average molecular weight is 354 g/mol. The van der Waals surface area contributed by atoms with Crippen LogP contribution in [0.1, 0.15) is 29.5 Å². The van der Waals surface area contributed by atoms with Gasteiger partial charge < -0.3 is 4.98 Å². The van der Waals surface area contributed by atoms with Gasteiger partial charge in [-0.3, -0.25) is 0 Å². The Bertz CT molecular complexity index is 918. The Hall–Kier alpha value is -2.40. The molecule has 0 spiro atoms. The van der Waals surface area contributed by atoms with Crippen LogP contribution < -0.4 is 0 Å². The van der Waals surface area contributed by atoms with Gasteiger partial charge in [0.1, 0.15) is 0 Å². The maximum absolute atomic E-state index is 12.8. The van der Waals surface area contributed by atoms with Crippen LogP contribution in [0.25, 0.3) is 0 Å². The van der Waals surface area contributed by atoms with Gasteiger partial charge in [-0.2, -0.15) is 0 Å². The van der Waals surface area contributed by atoms with Gasteiger partial charge in [0.2, 0.25) is 15.0 Å². The van der Waals surface area contributed by atoms with E-state index in [1.54, 1.807) is 6.07 Å². The van der Waals surface area contributed by atoms with Crippen molar-refractivity contribution in [2.24, 2.45) is 0 Å². The van der Waals surface area contributed by atoms with Gasteiger partial charge in [0.05, 0.1) is 4.90 Å². The van der Waals surface area contributed by atoms with E-state index in [-0.39, 0.29) is 5.16 Å². The lowest BCUT2D eigenvalue weighted by atomic mass is 10.0. The number of hydrogen-bond donors (Lipinski definition) is 1. The Balaban J connectivity index is 1.74. The Morgan fingerprint density at radius 1 is 1.00 bits per heavy atom. The van der Waals surface area contributed by atoms with E-state index in [9.17, 15) is 8.42 Å². The van der Waals surface area contributed by atoms with Crippen LogP contribution >= 0.6 is 0 Å². The number of aryl methyl sites for hydroxylation is 3. The first-order valence-electron chi connectivity index (χ1n) is 8.45. The second kappa shape index (κ2) is 7.66. The third kappa shape index (κ3) is 4.17. The maximum Gasteiger partial charge on any atom is 0.240 e. The number of benzene rings is 2. The fraction of sp³-hybridized carbons (Fsp3) is 0.250. The van der Waals surface area contributed by atoms with Crippen LogP contribution in [0, 0.1) is 6.92 Å². The Morgan fingerprint density at radius 2 is 1.76 bits per heavy atom. The molecule has 3 rings (SSSR count). The lowest BCUT2D eigenvalue weighted by molar-refractivity contribution is 0.587. The number of hydrogen-bond acceptors (Lipinski definition) is 3. The van der Waals surface area contributed by atoms with Gasteiger partial charge >= 0.3 is 0 Å². The molecule has 0 saturated carbocycles. The second-order valence-corrected chi connectivity index (χ2v) is 8.04. The molecule has 4 nitrogen and oxygen atoms in total. The molecule has 2 aromatic carbocycles. The molecular weight excluding hydrogens is 332 g/mol. The standard InChI is InChI=1S/C20H22N2O2S/c1-16-11-12-19(25(23,24)20-21-13-14-22-20)18(15-16)10-6-5-9-17-7-3-2-4-8-17/h2-4,7-8,11-15H,5-6,9-10H2,1H3,(H,21,22). The van der Waals surface area contributed by atoms with E-state index in [1.807, 2.05) is 37.3 Å². The van der Waals surface area contributed by atoms with Gasteiger partial charge in [0.25, 0.3) is 0 Å². The van der Waals surface area contributed by atoms with E-state index < -0.39 is 9.84 Å². The summed E-state index contributed by atoms with van der Waals surface area (Å²) in [4.78, 5) is 6.98. The number of aromatic nitrogens is 2. The number of aromatic amines is 1. The molecule has 0 atom stereocenters. The molecule has 0 radical (unpaired) electrons. The number of H-pyrrole nitrogens is 1. The fourth-order valence-electron chi connectivity index (χ4n) is 2.96. The molecular formula is C20H22N2O2S. The van der Waals surface area contributed by atoms with Crippen LogP contribution in [0.5, 0.6) is 0 Å². The highest BCUT2D eigenvalue weighted by Crippen LogP contribution is 2.24. The first kappa shape index (κ1) is 17.4. The molecule has 0 aliphatic heterocycles. The first-order chi connectivity index (χ1) is 12.1. The minimum atomic E-state index is -3.60. The van der Waals surface area contributed by atoms with Crippen molar-refractivity contribution >= 4 is 9.84 Å². The van der Waals surface area contributed by atoms with Crippen LogP contribution in [-0.4, -0.2) is 18.4 Å². The van der Waals surface area contributed by atoms with Crippen molar-refractivity contribution in [2.45, 2.75) is 42.7 Å².